The number of hydrogen-bond acceptors (Lipinski definition) is 5. The van der Waals surface area contributed by atoms with Crippen LogP contribution >= 0.6 is 0 Å². The number of alkyl carbamates (subject to hydrolysis) is 1. The smallest absolute Gasteiger partial charge is 0.407 e. The molecule has 0 aromatic rings. The second kappa shape index (κ2) is 13.1. The van der Waals surface area contributed by atoms with Crippen LogP contribution in [0, 0.1) is 39.9 Å². The Bertz CT molecular complexity index is 992. The second-order valence-electron chi connectivity index (χ2n) is 14.8. The number of esters is 1. The van der Waals surface area contributed by atoms with Gasteiger partial charge >= 0.3 is 18.0 Å². The number of unbranched alkanes of at least 4 members (excludes halogenated alkanes) is 1. The summed E-state index contributed by atoms with van der Waals surface area (Å²) in [6.07, 6.45) is 16.4. The summed E-state index contributed by atoms with van der Waals surface area (Å²) in [5.41, 5.74) is 2.51. The van der Waals surface area contributed by atoms with Gasteiger partial charge in [0.1, 0.15) is 12.7 Å². The van der Waals surface area contributed by atoms with Crippen molar-refractivity contribution >= 4 is 18.0 Å². The van der Waals surface area contributed by atoms with Gasteiger partial charge in [-0.2, -0.15) is 0 Å². The molecule has 0 spiro atoms. The zero-order chi connectivity index (χ0) is 29.8. The molecule has 7 atom stereocenters. The molecule has 0 bridgehead atoms. The van der Waals surface area contributed by atoms with Crippen LogP contribution in [0.2, 0.25) is 0 Å². The van der Waals surface area contributed by atoms with Crippen LogP contribution in [0.15, 0.2) is 11.6 Å². The van der Waals surface area contributed by atoms with Crippen molar-refractivity contribution in [3.63, 3.8) is 0 Å². The van der Waals surface area contributed by atoms with Crippen LogP contribution in [0.3, 0.4) is 0 Å². The van der Waals surface area contributed by atoms with Crippen LogP contribution in [-0.4, -0.2) is 42.4 Å². The fourth-order valence-corrected chi connectivity index (χ4v) is 9.70. The molecule has 0 saturated heterocycles. The Labute approximate surface area is 247 Å². The molecule has 1 amide bonds. The molecule has 4 aliphatic rings. The summed E-state index contributed by atoms with van der Waals surface area (Å²) in [5, 5.41) is 11.3. The fourth-order valence-electron chi connectivity index (χ4n) is 9.70. The summed E-state index contributed by atoms with van der Waals surface area (Å²) in [4.78, 5) is 34.5. The molecule has 3 fully saturated rings. The number of rotatable bonds is 12. The Balaban J connectivity index is 1.29. The van der Waals surface area contributed by atoms with Crippen LogP contribution in [0.25, 0.3) is 0 Å². The van der Waals surface area contributed by atoms with Crippen LogP contribution in [-0.2, 0) is 19.1 Å². The molecule has 0 heterocycles. The number of carboxylic acid groups (broad SMARTS) is 1. The molecule has 0 aliphatic heterocycles. The molecule has 41 heavy (non-hydrogen) atoms. The third-order valence-corrected chi connectivity index (χ3v) is 11.9. The van der Waals surface area contributed by atoms with Crippen molar-refractivity contribution in [2.75, 3.05) is 13.2 Å². The minimum absolute atomic E-state index is 0.000590. The Kier molecular flexibility index (Phi) is 10.2. The highest BCUT2D eigenvalue weighted by atomic mass is 16.6. The number of nitrogens with one attached hydrogen (secondary N) is 1. The Morgan fingerprint density at radius 2 is 1.78 bits per heavy atom. The molecule has 3 saturated carbocycles. The maximum absolute atomic E-state index is 12.4. The standard InChI is InChI=1S/C34H55NO6/c1-23(2)8-6-7-9-24-10-11-27-32(24,3)19-16-28-33(4)18-15-26(22-25(33)14-17-34(27,28)5)41-31(39)35-20-21-40-30(38)13-12-29(36)37/h14,23-24,26-28H,6-13,15-22H2,1-5H3,(H,35,39)(H,36,37). The number of carboxylic acids is 1. The molecular formula is C34H55NO6. The lowest BCUT2D eigenvalue weighted by molar-refractivity contribution is -0.147. The predicted octanol–water partition coefficient (Wildman–Crippen LogP) is 7.67. The zero-order valence-electron chi connectivity index (χ0n) is 26.3. The van der Waals surface area contributed by atoms with Gasteiger partial charge in [-0.05, 0) is 91.3 Å². The number of fused-ring (bicyclic) bond motifs is 5. The maximum atomic E-state index is 12.4. The van der Waals surface area contributed by atoms with Gasteiger partial charge in [-0.25, -0.2) is 4.79 Å². The molecule has 0 aromatic heterocycles. The average Bonchev–Trinajstić information content (AvgIpc) is 3.25. The molecule has 0 aromatic carbocycles. The zero-order valence-corrected chi connectivity index (χ0v) is 26.3. The van der Waals surface area contributed by atoms with E-state index in [0.717, 1.165) is 43.4 Å². The Morgan fingerprint density at radius 1 is 1.00 bits per heavy atom. The van der Waals surface area contributed by atoms with Crippen molar-refractivity contribution in [3.05, 3.63) is 11.6 Å². The van der Waals surface area contributed by atoms with E-state index in [1.165, 1.54) is 56.9 Å². The van der Waals surface area contributed by atoms with Gasteiger partial charge in [0.05, 0.1) is 19.4 Å². The summed E-state index contributed by atoms with van der Waals surface area (Å²) in [5.74, 6) is 1.57. The van der Waals surface area contributed by atoms with Gasteiger partial charge in [0.2, 0.25) is 0 Å². The number of ether oxygens (including phenoxy) is 2. The van der Waals surface area contributed by atoms with Gasteiger partial charge in [-0.1, -0.05) is 65.5 Å². The summed E-state index contributed by atoms with van der Waals surface area (Å²) in [6.45, 7) is 12.6. The van der Waals surface area contributed by atoms with E-state index in [1.807, 2.05) is 0 Å². The van der Waals surface area contributed by atoms with E-state index in [9.17, 15) is 14.4 Å². The van der Waals surface area contributed by atoms with E-state index < -0.39 is 18.0 Å². The molecule has 7 heteroatoms. The monoisotopic (exact) mass is 573 g/mol. The van der Waals surface area contributed by atoms with Gasteiger partial charge < -0.3 is 19.9 Å². The first-order valence-corrected chi connectivity index (χ1v) is 16.4. The first-order chi connectivity index (χ1) is 19.4. The minimum atomic E-state index is -1.04. The summed E-state index contributed by atoms with van der Waals surface area (Å²) in [6, 6.07) is 0. The Hall–Kier alpha value is -2.05. The lowest BCUT2D eigenvalue weighted by Crippen LogP contribution is -2.56. The van der Waals surface area contributed by atoms with E-state index in [0.29, 0.717) is 16.7 Å². The van der Waals surface area contributed by atoms with Crippen LogP contribution in [0.5, 0.6) is 0 Å². The number of carbonyl (C=O) groups excluding carboxylic acids is 2. The van der Waals surface area contributed by atoms with Crippen molar-refractivity contribution in [3.8, 4) is 0 Å². The van der Waals surface area contributed by atoms with Gasteiger partial charge in [-0.15, -0.1) is 0 Å². The van der Waals surface area contributed by atoms with Crippen molar-refractivity contribution in [1.82, 2.24) is 5.32 Å². The van der Waals surface area contributed by atoms with E-state index in [1.54, 1.807) is 0 Å². The first kappa shape index (κ1) is 31.9. The molecule has 2 N–H and O–H groups in total. The van der Waals surface area contributed by atoms with Gasteiger partial charge in [0, 0.05) is 6.42 Å². The number of hydrogen-bond donors (Lipinski definition) is 2. The highest BCUT2D eigenvalue weighted by Crippen LogP contribution is 2.71. The van der Waals surface area contributed by atoms with Crippen molar-refractivity contribution in [1.29, 1.82) is 0 Å². The highest BCUT2D eigenvalue weighted by Gasteiger charge is 2.63. The predicted molar refractivity (Wildman–Crippen MR) is 159 cm³/mol. The van der Waals surface area contributed by atoms with Crippen molar-refractivity contribution in [2.45, 2.75) is 131 Å². The molecule has 7 nitrogen and oxygen atoms in total. The molecule has 232 valence electrons. The number of amides is 1. The number of aliphatic carboxylic acids is 1. The third kappa shape index (κ3) is 6.96. The molecular weight excluding hydrogens is 518 g/mol. The van der Waals surface area contributed by atoms with Gasteiger partial charge in [0.15, 0.2) is 0 Å². The van der Waals surface area contributed by atoms with Crippen LogP contribution in [0.4, 0.5) is 4.79 Å². The van der Waals surface area contributed by atoms with Gasteiger partial charge in [-0.3, -0.25) is 9.59 Å². The number of allylic oxidation sites excluding steroid dienone is 1. The van der Waals surface area contributed by atoms with E-state index in [4.69, 9.17) is 14.6 Å². The topological polar surface area (TPSA) is 102 Å². The number of carbonyl (C=O) groups is 3. The normalized spacial score (nSPS) is 36.0. The largest absolute Gasteiger partial charge is 0.481 e. The fraction of sp³-hybridized carbons (Fsp3) is 0.853. The summed E-state index contributed by atoms with van der Waals surface area (Å²) in [7, 11) is 0. The van der Waals surface area contributed by atoms with E-state index in [-0.39, 0.29) is 37.5 Å². The van der Waals surface area contributed by atoms with E-state index >= 15 is 0 Å². The first-order valence-electron chi connectivity index (χ1n) is 16.4. The third-order valence-electron chi connectivity index (χ3n) is 11.9. The molecule has 4 aliphatic carbocycles. The quantitative estimate of drug-likeness (QED) is 0.141. The highest BCUT2D eigenvalue weighted by molar-refractivity contribution is 5.76. The molecule has 4 rings (SSSR count). The summed E-state index contributed by atoms with van der Waals surface area (Å²) < 4.78 is 10.8. The maximum Gasteiger partial charge on any atom is 0.407 e. The SMILES string of the molecule is CC(C)CCCCC1CCC2C1(C)CCC1C3(C)CCC(OC(=O)NCCOC(=O)CCC(=O)O)CC3=CCC12C. The Morgan fingerprint density at radius 3 is 2.51 bits per heavy atom. The minimum Gasteiger partial charge on any atom is -0.481 e. The molecule has 0 radical (unpaired) electrons. The van der Waals surface area contributed by atoms with Crippen molar-refractivity contribution < 1.29 is 29.0 Å². The van der Waals surface area contributed by atoms with Crippen molar-refractivity contribution in [2.24, 2.45) is 39.9 Å². The van der Waals surface area contributed by atoms with Crippen LogP contribution < -0.4 is 5.32 Å². The second-order valence-corrected chi connectivity index (χ2v) is 14.8. The van der Waals surface area contributed by atoms with Crippen LogP contribution in [0.1, 0.15) is 125 Å². The lowest BCUT2D eigenvalue weighted by atomic mass is 9.41. The summed E-state index contributed by atoms with van der Waals surface area (Å²) >= 11 is 0. The van der Waals surface area contributed by atoms with E-state index in [2.05, 4.69) is 46.0 Å². The average molecular weight is 574 g/mol. The van der Waals surface area contributed by atoms with Gasteiger partial charge in [0.25, 0.3) is 0 Å². The molecule has 7 unspecified atom stereocenters. The lowest BCUT2D eigenvalue weighted by Gasteiger charge is -2.63.